The van der Waals surface area contributed by atoms with Crippen LogP contribution in [-0.4, -0.2) is 65.3 Å². The number of rotatable bonds is 12. The van der Waals surface area contributed by atoms with Gasteiger partial charge in [-0.3, -0.25) is 4.99 Å². The van der Waals surface area contributed by atoms with Crippen molar-refractivity contribution in [1.82, 2.24) is 10.6 Å². The van der Waals surface area contributed by atoms with Gasteiger partial charge in [0.15, 0.2) is 5.96 Å². The zero-order valence-corrected chi connectivity index (χ0v) is 20.9. The Bertz CT molecular complexity index is 610. The fourth-order valence-electron chi connectivity index (χ4n) is 3.07. The van der Waals surface area contributed by atoms with Gasteiger partial charge in [0.05, 0.1) is 12.7 Å². The van der Waals surface area contributed by atoms with Crippen LogP contribution in [0.15, 0.2) is 23.2 Å². The van der Waals surface area contributed by atoms with E-state index < -0.39 is 0 Å². The minimum Gasteiger partial charge on any atom is -0.491 e. The number of benzene rings is 1. The second-order valence-corrected chi connectivity index (χ2v) is 7.05. The Kier molecular flexibility index (Phi) is 14.9. The second kappa shape index (κ2) is 16.6. The molecule has 1 aromatic carbocycles. The summed E-state index contributed by atoms with van der Waals surface area (Å²) in [7, 11) is 1.78. The van der Waals surface area contributed by atoms with Crippen LogP contribution >= 0.6 is 24.0 Å². The maximum atomic E-state index is 5.91. The molecule has 0 spiro atoms. The highest BCUT2D eigenvalue weighted by atomic mass is 127. The lowest BCUT2D eigenvalue weighted by molar-refractivity contribution is -0.0320. The number of nitrogens with one attached hydrogen (secondary N) is 2. The first-order valence-corrected chi connectivity index (χ1v) is 10.7. The molecule has 2 rings (SSSR count). The molecule has 1 heterocycles. The van der Waals surface area contributed by atoms with E-state index in [1.165, 1.54) is 5.56 Å². The van der Waals surface area contributed by atoms with Crippen molar-refractivity contribution in [3.8, 4) is 5.75 Å². The highest BCUT2D eigenvalue weighted by Crippen LogP contribution is 2.20. The Balaban J connectivity index is 0.00000450. The first-order chi connectivity index (χ1) is 14.2. The predicted octanol–water partition coefficient (Wildman–Crippen LogP) is 3.28. The molecule has 0 radical (unpaired) electrons. The van der Waals surface area contributed by atoms with E-state index in [1.807, 2.05) is 6.92 Å². The standard InChI is InChI=1S/C22H37N3O4.HI/c1-4-26-14-15-29-21-16-18(2)6-7-19(21)17-25-22(23-3)24-10-5-11-28-20-8-12-27-13-9-20;/h6-7,16,20H,4-5,8-15,17H2,1-3H3,(H2,23,24,25);1H. The molecule has 0 aromatic heterocycles. The van der Waals surface area contributed by atoms with Crippen molar-refractivity contribution in [1.29, 1.82) is 0 Å². The zero-order valence-electron chi connectivity index (χ0n) is 18.6. The van der Waals surface area contributed by atoms with Gasteiger partial charge in [-0.1, -0.05) is 12.1 Å². The largest absolute Gasteiger partial charge is 0.491 e. The number of hydrogen-bond acceptors (Lipinski definition) is 5. The number of guanidine groups is 1. The van der Waals surface area contributed by atoms with Gasteiger partial charge in [0.1, 0.15) is 12.4 Å². The Labute approximate surface area is 198 Å². The number of hydrogen-bond donors (Lipinski definition) is 2. The summed E-state index contributed by atoms with van der Waals surface area (Å²) in [6.45, 7) is 9.73. The molecule has 7 nitrogen and oxygen atoms in total. The lowest BCUT2D eigenvalue weighted by Crippen LogP contribution is -2.37. The SMILES string of the molecule is CCOCCOc1cc(C)ccc1CNC(=NC)NCCCOC1CCOCC1.I. The topological polar surface area (TPSA) is 73.3 Å². The van der Waals surface area contributed by atoms with Crippen LogP contribution in [0, 0.1) is 6.92 Å². The van der Waals surface area contributed by atoms with Crippen LogP contribution in [0.4, 0.5) is 0 Å². The molecular formula is C22H38IN3O4. The Morgan fingerprint density at radius 2 is 1.97 bits per heavy atom. The Morgan fingerprint density at radius 3 is 2.70 bits per heavy atom. The van der Waals surface area contributed by atoms with Gasteiger partial charge in [-0.15, -0.1) is 24.0 Å². The molecule has 0 saturated carbocycles. The van der Waals surface area contributed by atoms with Crippen LogP contribution in [0.1, 0.15) is 37.3 Å². The van der Waals surface area contributed by atoms with E-state index in [4.69, 9.17) is 18.9 Å². The summed E-state index contributed by atoms with van der Waals surface area (Å²) >= 11 is 0. The van der Waals surface area contributed by atoms with Crippen molar-refractivity contribution in [2.45, 2.75) is 45.8 Å². The lowest BCUT2D eigenvalue weighted by atomic mass is 10.1. The Morgan fingerprint density at radius 1 is 1.17 bits per heavy atom. The predicted molar refractivity (Wildman–Crippen MR) is 131 cm³/mol. The summed E-state index contributed by atoms with van der Waals surface area (Å²) in [4.78, 5) is 4.30. The minimum atomic E-state index is 0. The maximum Gasteiger partial charge on any atom is 0.191 e. The van der Waals surface area contributed by atoms with Crippen LogP contribution < -0.4 is 15.4 Å². The molecule has 0 aliphatic carbocycles. The molecule has 1 aromatic rings. The molecular weight excluding hydrogens is 497 g/mol. The first-order valence-electron chi connectivity index (χ1n) is 10.7. The van der Waals surface area contributed by atoms with Gasteiger partial charge in [-0.05, 0) is 44.7 Å². The molecule has 0 amide bonds. The van der Waals surface area contributed by atoms with Crippen LogP contribution in [0.5, 0.6) is 5.75 Å². The molecule has 1 aliphatic rings. The minimum absolute atomic E-state index is 0. The first kappa shape index (κ1) is 26.9. The van der Waals surface area contributed by atoms with E-state index in [2.05, 4.69) is 40.7 Å². The van der Waals surface area contributed by atoms with Crippen molar-refractivity contribution in [3.05, 3.63) is 29.3 Å². The Hall–Kier alpha value is -1.10. The molecule has 2 N–H and O–H groups in total. The summed E-state index contributed by atoms with van der Waals surface area (Å²) in [6.07, 6.45) is 3.29. The zero-order chi connectivity index (χ0) is 20.7. The van der Waals surface area contributed by atoms with E-state index in [0.717, 1.165) is 62.9 Å². The van der Waals surface area contributed by atoms with Gasteiger partial charge in [0, 0.05) is 52.1 Å². The highest BCUT2D eigenvalue weighted by molar-refractivity contribution is 14.0. The summed E-state index contributed by atoms with van der Waals surface area (Å²) < 4.78 is 22.5. The van der Waals surface area contributed by atoms with E-state index in [1.54, 1.807) is 7.05 Å². The van der Waals surface area contributed by atoms with Gasteiger partial charge >= 0.3 is 0 Å². The quantitative estimate of drug-likeness (QED) is 0.185. The third-order valence-corrected chi connectivity index (χ3v) is 4.72. The number of ether oxygens (including phenoxy) is 4. The van der Waals surface area contributed by atoms with Crippen LogP contribution in [0.25, 0.3) is 0 Å². The van der Waals surface area contributed by atoms with E-state index in [0.29, 0.717) is 32.5 Å². The van der Waals surface area contributed by atoms with E-state index in [-0.39, 0.29) is 24.0 Å². The van der Waals surface area contributed by atoms with Crippen molar-refractivity contribution in [2.24, 2.45) is 4.99 Å². The van der Waals surface area contributed by atoms with Crippen molar-refractivity contribution in [3.63, 3.8) is 0 Å². The van der Waals surface area contributed by atoms with Crippen LogP contribution in [0.2, 0.25) is 0 Å². The molecule has 1 saturated heterocycles. The molecule has 172 valence electrons. The summed E-state index contributed by atoms with van der Waals surface area (Å²) in [5.41, 5.74) is 2.27. The molecule has 1 fully saturated rings. The number of nitrogens with zero attached hydrogens (tertiary/aromatic N) is 1. The number of aliphatic imine (C=N–C) groups is 1. The average Bonchev–Trinajstić information content (AvgIpc) is 2.75. The molecule has 0 bridgehead atoms. The molecule has 1 aliphatic heterocycles. The third kappa shape index (κ3) is 10.8. The average molecular weight is 535 g/mol. The number of aryl methyl sites for hydroxylation is 1. The van der Waals surface area contributed by atoms with Crippen molar-refractivity contribution < 1.29 is 18.9 Å². The van der Waals surface area contributed by atoms with E-state index >= 15 is 0 Å². The normalized spacial score (nSPS) is 14.8. The van der Waals surface area contributed by atoms with Gasteiger partial charge in [-0.2, -0.15) is 0 Å². The van der Waals surface area contributed by atoms with Gasteiger partial charge in [0.2, 0.25) is 0 Å². The fourth-order valence-corrected chi connectivity index (χ4v) is 3.07. The van der Waals surface area contributed by atoms with E-state index in [9.17, 15) is 0 Å². The van der Waals surface area contributed by atoms with Gasteiger partial charge in [0.25, 0.3) is 0 Å². The van der Waals surface area contributed by atoms with Crippen molar-refractivity contribution >= 4 is 29.9 Å². The smallest absolute Gasteiger partial charge is 0.191 e. The van der Waals surface area contributed by atoms with Crippen LogP contribution in [0.3, 0.4) is 0 Å². The lowest BCUT2D eigenvalue weighted by Gasteiger charge is -2.22. The summed E-state index contributed by atoms with van der Waals surface area (Å²) in [6, 6.07) is 6.25. The monoisotopic (exact) mass is 535 g/mol. The maximum absolute atomic E-state index is 5.91. The third-order valence-electron chi connectivity index (χ3n) is 4.72. The van der Waals surface area contributed by atoms with Gasteiger partial charge in [-0.25, -0.2) is 0 Å². The second-order valence-electron chi connectivity index (χ2n) is 7.05. The molecule has 30 heavy (non-hydrogen) atoms. The molecule has 0 unspecified atom stereocenters. The summed E-state index contributed by atoms with van der Waals surface area (Å²) in [5.74, 6) is 1.66. The van der Waals surface area contributed by atoms with Gasteiger partial charge < -0.3 is 29.6 Å². The summed E-state index contributed by atoms with van der Waals surface area (Å²) in [5, 5.41) is 6.70. The van der Waals surface area contributed by atoms with Crippen molar-refractivity contribution in [2.75, 3.05) is 53.2 Å². The van der Waals surface area contributed by atoms with Crippen LogP contribution in [-0.2, 0) is 20.8 Å². The number of halogens is 1. The molecule has 0 atom stereocenters. The fraction of sp³-hybridized carbons (Fsp3) is 0.682. The highest BCUT2D eigenvalue weighted by Gasteiger charge is 2.13. The molecule has 8 heteroatoms.